The first-order valence-electron chi connectivity index (χ1n) is 8.00. The maximum absolute atomic E-state index is 13.1. The fourth-order valence-corrected chi connectivity index (χ4v) is 3.44. The molecule has 0 aliphatic heterocycles. The largest absolute Gasteiger partial charge is 0.477 e. The molecule has 0 saturated carbocycles. The molecule has 0 aliphatic rings. The Balaban J connectivity index is 2.03. The molecule has 0 spiro atoms. The molecule has 134 valence electrons. The minimum absolute atomic E-state index is 0.0549. The average molecular weight is 362 g/mol. The van der Waals surface area contributed by atoms with Crippen LogP contribution in [0.1, 0.15) is 13.8 Å². The van der Waals surface area contributed by atoms with Gasteiger partial charge in [-0.1, -0.05) is 36.4 Å². The van der Waals surface area contributed by atoms with Gasteiger partial charge in [0.15, 0.2) is 5.90 Å². The van der Waals surface area contributed by atoms with Crippen LogP contribution < -0.4 is 14.4 Å². The first-order chi connectivity index (χ1) is 12.0. The van der Waals surface area contributed by atoms with Gasteiger partial charge in [0.2, 0.25) is 0 Å². The summed E-state index contributed by atoms with van der Waals surface area (Å²) in [4.78, 5) is 0. The fourth-order valence-electron chi connectivity index (χ4n) is 2.00. The minimum Gasteiger partial charge on any atom is -0.477 e. The van der Waals surface area contributed by atoms with Gasteiger partial charge in [0.25, 0.3) is 0 Å². The second-order valence-corrected chi connectivity index (χ2v) is 7.50. The van der Waals surface area contributed by atoms with Crippen LogP contribution in [0.4, 0.5) is 0 Å². The topological polar surface area (TPSA) is 80.6 Å². The Labute approximate surface area is 148 Å². The predicted molar refractivity (Wildman–Crippen MR) is 98.6 cm³/mol. The van der Waals surface area contributed by atoms with Crippen LogP contribution in [0.2, 0.25) is 0 Å². The molecule has 0 radical (unpaired) electrons. The molecule has 2 rings (SSSR count). The van der Waals surface area contributed by atoms with Gasteiger partial charge in [0.1, 0.15) is 17.8 Å². The lowest BCUT2D eigenvalue weighted by Crippen LogP contribution is -2.28. The van der Waals surface area contributed by atoms with Crippen LogP contribution in [0, 0.1) is 5.41 Å². The molecule has 7 heteroatoms. The molecule has 0 amide bonds. The average Bonchev–Trinajstić information content (AvgIpc) is 2.55. The van der Waals surface area contributed by atoms with E-state index in [2.05, 4.69) is 5.32 Å². The van der Waals surface area contributed by atoms with E-state index in [1.54, 1.807) is 48.5 Å². The molecule has 0 bridgehead atoms. The number of para-hydroxylation sites is 2. The Morgan fingerprint density at radius 1 is 1.00 bits per heavy atom. The molecule has 0 atom stereocenters. The van der Waals surface area contributed by atoms with E-state index < -0.39 is 7.60 Å². The monoisotopic (exact) mass is 362 g/mol. The second-order valence-electron chi connectivity index (χ2n) is 5.59. The van der Waals surface area contributed by atoms with Gasteiger partial charge in [0.05, 0.1) is 12.6 Å². The molecule has 2 N–H and O–H groups in total. The maximum atomic E-state index is 13.1. The van der Waals surface area contributed by atoms with Crippen molar-refractivity contribution >= 4 is 13.5 Å². The van der Waals surface area contributed by atoms with Crippen LogP contribution in [-0.2, 0) is 9.30 Å². The summed E-state index contributed by atoms with van der Waals surface area (Å²) in [6, 6.07) is 17.7. The van der Waals surface area contributed by atoms with Gasteiger partial charge < -0.3 is 13.8 Å². The van der Waals surface area contributed by atoms with Crippen molar-refractivity contribution in [3.05, 3.63) is 60.7 Å². The minimum atomic E-state index is -3.52. The Morgan fingerprint density at radius 2 is 1.48 bits per heavy atom. The highest BCUT2D eigenvalue weighted by Crippen LogP contribution is 2.47. The highest BCUT2D eigenvalue weighted by atomic mass is 31.2. The molecule has 0 heterocycles. The molecule has 25 heavy (non-hydrogen) atoms. The zero-order valence-electron chi connectivity index (χ0n) is 14.3. The van der Waals surface area contributed by atoms with Crippen molar-refractivity contribution in [1.29, 1.82) is 5.41 Å². The van der Waals surface area contributed by atoms with Gasteiger partial charge in [-0.2, -0.15) is 0 Å². The Hall–Kier alpha value is -2.30. The number of hydrogen-bond donors (Lipinski definition) is 2. The van der Waals surface area contributed by atoms with E-state index in [0.29, 0.717) is 11.5 Å². The molecule has 6 nitrogen and oxygen atoms in total. The van der Waals surface area contributed by atoms with E-state index in [1.807, 2.05) is 26.0 Å². The third kappa shape index (κ3) is 6.99. The van der Waals surface area contributed by atoms with E-state index in [0.717, 1.165) is 0 Å². The van der Waals surface area contributed by atoms with Crippen molar-refractivity contribution in [2.75, 3.05) is 12.8 Å². The van der Waals surface area contributed by atoms with Crippen LogP contribution in [0.25, 0.3) is 0 Å². The summed E-state index contributed by atoms with van der Waals surface area (Å²) >= 11 is 0. The van der Waals surface area contributed by atoms with Crippen molar-refractivity contribution in [2.24, 2.45) is 0 Å². The quantitative estimate of drug-likeness (QED) is 0.395. The predicted octanol–water partition coefficient (Wildman–Crippen LogP) is 4.29. The highest BCUT2D eigenvalue weighted by molar-refractivity contribution is 7.54. The summed E-state index contributed by atoms with van der Waals surface area (Å²) in [6.07, 6.45) is -0.136. The molecule has 0 aromatic heterocycles. The molecule has 2 aromatic carbocycles. The standard InChI is InChI=1S/C18H23N2O4P/c1-15(2)22-18(19)13-20-14-25(21,23-16-9-5-3-6-10-16)24-17-11-7-4-8-12-17/h3-12,15,19-20H,13-14H2,1-2H3. The fraction of sp³-hybridized carbons (Fsp3) is 0.278. The van der Waals surface area contributed by atoms with Crippen molar-refractivity contribution in [1.82, 2.24) is 5.32 Å². The van der Waals surface area contributed by atoms with E-state index in [-0.39, 0.29) is 24.8 Å². The molecular weight excluding hydrogens is 339 g/mol. The molecule has 2 aromatic rings. The lowest BCUT2D eigenvalue weighted by molar-refractivity contribution is 0.220. The Kier molecular flexibility index (Phi) is 7.04. The van der Waals surface area contributed by atoms with Gasteiger partial charge in [0, 0.05) is 0 Å². The Bertz CT molecular complexity index is 662. The smallest absolute Gasteiger partial charge is 0.444 e. The Morgan fingerprint density at radius 3 is 1.92 bits per heavy atom. The van der Waals surface area contributed by atoms with Crippen LogP contribution in [0.5, 0.6) is 11.5 Å². The van der Waals surface area contributed by atoms with Crippen LogP contribution in [0.15, 0.2) is 60.7 Å². The number of benzene rings is 2. The van der Waals surface area contributed by atoms with Gasteiger partial charge >= 0.3 is 7.60 Å². The summed E-state index contributed by atoms with van der Waals surface area (Å²) < 4.78 is 29.6. The van der Waals surface area contributed by atoms with Gasteiger partial charge in [-0.15, -0.1) is 0 Å². The summed E-state index contributed by atoms with van der Waals surface area (Å²) in [7, 11) is -3.52. The van der Waals surface area contributed by atoms with Crippen molar-refractivity contribution in [2.45, 2.75) is 20.0 Å². The first-order valence-corrected chi connectivity index (χ1v) is 9.73. The second kappa shape index (κ2) is 9.25. The first kappa shape index (κ1) is 19.0. The molecular formula is C18H23N2O4P. The summed E-state index contributed by atoms with van der Waals surface area (Å²) in [5.41, 5.74) is 0. The summed E-state index contributed by atoms with van der Waals surface area (Å²) in [6.45, 7) is 3.82. The third-order valence-electron chi connectivity index (χ3n) is 2.94. The lowest BCUT2D eigenvalue weighted by Gasteiger charge is -2.21. The van der Waals surface area contributed by atoms with Crippen LogP contribution in [0.3, 0.4) is 0 Å². The van der Waals surface area contributed by atoms with Gasteiger partial charge in [-0.3, -0.25) is 10.7 Å². The molecule has 0 unspecified atom stereocenters. The summed E-state index contributed by atoms with van der Waals surface area (Å²) in [5, 5.41) is 10.6. The van der Waals surface area contributed by atoms with Gasteiger partial charge in [-0.05, 0) is 38.1 Å². The zero-order chi connectivity index (χ0) is 18.1. The zero-order valence-corrected chi connectivity index (χ0v) is 15.2. The van der Waals surface area contributed by atoms with E-state index >= 15 is 0 Å². The normalized spacial score (nSPS) is 11.2. The number of ether oxygens (including phenoxy) is 1. The molecule has 0 saturated heterocycles. The van der Waals surface area contributed by atoms with Crippen LogP contribution in [-0.4, -0.2) is 24.8 Å². The third-order valence-corrected chi connectivity index (χ3v) is 4.53. The number of rotatable bonds is 9. The number of nitrogens with one attached hydrogen (secondary N) is 2. The summed E-state index contributed by atoms with van der Waals surface area (Å²) in [5.74, 6) is 0.982. The van der Waals surface area contributed by atoms with Crippen molar-refractivity contribution < 1.29 is 18.3 Å². The van der Waals surface area contributed by atoms with Crippen molar-refractivity contribution in [3.8, 4) is 11.5 Å². The SMILES string of the molecule is CC(C)OC(=N)CNCP(=O)(Oc1ccccc1)Oc1ccccc1. The van der Waals surface area contributed by atoms with Gasteiger partial charge in [-0.25, -0.2) is 4.57 Å². The molecule has 0 fully saturated rings. The van der Waals surface area contributed by atoms with E-state index in [1.165, 1.54) is 0 Å². The highest BCUT2D eigenvalue weighted by Gasteiger charge is 2.28. The molecule has 0 aliphatic carbocycles. The van der Waals surface area contributed by atoms with E-state index in [9.17, 15) is 4.57 Å². The maximum Gasteiger partial charge on any atom is 0.444 e. The van der Waals surface area contributed by atoms with Crippen molar-refractivity contribution in [3.63, 3.8) is 0 Å². The number of hydrogen-bond acceptors (Lipinski definition) is 6. The van der Waals surface area contributed by atoms with E-state index in [4.69, 9.17) is 19.2 Å². The van der Waals surface area contributed by atoms with Crippen LogP contribution >= 0.6 is 7.60 Å². The lowest BCUT2D eigenvalue weighted by atomic mass is 10.3.